The van der Waals surface area contributed by atoms with Crippen LogP contribution >= 0.6 is 11.6 Å². The lowest BCUT2D eigenvalue weighted by molar-refractivity contribution is -0.197. The average molecular weight is 608 g/mol. The van der Waals surface area contributed by atoms with Gasteiger partial charge in [0.2, 0.25) is 0 Å². The Labute approximate surface area is 255 Å². The number of Topliss-reactive ketones (excluding diaryl/α,β-unsaturated/α-hetero) is 1. The Morgan fingerprint density at radius 1 is 1.16 bits per heavy atom. The summed E-state index contributed by atoms with van der Waals surface area (Å²) in [7, 11) is 0. The van der Waals surface area contributed by atoms with Crippen LogP contribution in [0.2, 0.25) is 0 Å². The van der Waals surface area contributed by atoms with Gasteiger partial charge in [-0.05, 0) is 66.9 Å². The maximum atomic E-state index is 13.8. The number of fused-ring (bicyclic) bond motifs is 7. The Morgan fingerprint density at radius 2 is 1.95 bits per heavy atom. The van der Waals surface area contributed by atoms with Crippen LogP contribution in [0.25, 0.3) is 0 Å². The average Bonchev–Trinajstić information content (AvgIpc) is 3.67. The van der Waals surface area contributed by atoms with Crippen molar-refractivity contribution >= 4 is 23.2 Å². The van der Waals surface area contributed by atoms with E-state index in [9.17, 15) is 24.9 Å². The van der Waals surface area contributed by atoms with E-state index in [-0.39, 0.29) is 30.6 Å². The third-order valence-corrected chi connectivity index (χ3v) is 12.4. The number of aromatic nitrogens is 1. The first kappa shape index (κ1) is 29.1. The highest BCUT2D eigenvalue weighted by molar-refractivity contribution is 6.26. The summed E-state index contributed by atoms with van der Waals surface area (Å²) < 4.78 is 15.2. The highest BCUT2D eigenvalue weighted by Gasteiger charge is 2.78. The zero-order valence-electron chi connectivity index (χ0n) is 24.4. The topological polar surface area (TPSA) is 118 Å². The molecule has 0 radical (unpaired) electrons. The van der Waals surface area contributed by atoms with Gasteiger partial charge in [0.15, 0.2) is 23.5 Å². The van der Waals surface area contributed by atoms with Crippen LogP contribution in [0.5, 0.6) is 0 Å². The molecule has 2 aromatic rings. The van der Waals surface area contributed by atoms with E-state index in [0.29, 0.717) is 25.8 Å². The number of ketones is 2. The number of ether oxygens (including phenoxy) is 2. The first-order chi connectivity index (χ1) is 20.5. The molecule has 2 heterocycles. The SMILES string of the molecule is C[C@]12C=CC(=O)C=C1CC[C@H]1[C@@H]3C[C@H]4O[C@@H](c5ccn(Cc6cccc(CO)c6)c5)O[C@@]4(C(=O)CO)[C@@]3(C)C[C@H](O)[C@@]12Cl. The van der Waals surface area contributed by atoms with Crippen LogP contribution in [0.3, 0.4) is 0 Å². The third kappa shape index (κ3) is 3.87. The van der Waals surface area contributed by atoms with Crippen molar-refractivity contribution in [3.8, 4) is 0 Å². The summed E-state index contributed by atoms with van der Waals surface area (Å²) in [4.78, 5) is 24.9. The van der Waals surface area contributed by atoms with Gasteiger partial charge in [0.25, 0.3) is 0 Å². The van der Waals surface area contributed by atoms with Crippen LogP contribution in [-0.2, 0) is 32.2 Å². The first-order valence-electron chi connectivity index (χ1n) is 15.1. The number of alkyl halides is 1. The standard InChI is InChI=1S/C34H38ClNO7/c1-31-10-8-24(39)13-23(31)6-7-25-26-14-29-34(28(41)19-38,32(26,2)15-27(40)33(25,31)35)43-30(42-29)22-9-11-36(17-22)16-20-4-3-5-21(12-20)18-37/h3-5,8-13,17,25-27,29-30,37-38,40H,6-7,14-16,18-19H2,1-2H3/t25-,26-,27-,29+,30+,31-,32-,33-,34+/m0/s1. The maximum Gasteiger partial charge on any atom is 0.193 e. The zero-order valence-corrected chi connectivity index (χ0v) is 25.2. The summed E-state index contributed by atoms with van der Waals surface area (Å²) >= 11 is 7.56. The highest BCUT2D eigenvalue weighted by Crippen LogP contribution is 2.73. The number of benzene rings is 1. The van der Waals surface area contributed by atoms with Crippen molar-refractivity contribution in [3.05, 3.63) is 83.2 Å². The Hall–Kier alpha value is -2.59. The van der Waals surface area contributed by atoms with E-state index in [1.165, 1.54) is 0 Å². The largest absolute Gasteiger partial charge is 0.392 e. The number of nitrogens with zero attached hydrogens (tertiary/aromatic N) is 1. The maximum absolute atomic E-state index is 13.8. The van der Waals surface area contributed by atoms with Gasteiger partial charge in [-0.3, -0.25) is 9.59 Å². The Kier molecular flexibility index (Phi) is 6.75. The van der Waals surface area contributed by atoms with Gasteiger partial charge in [-0.15, -0.1) is 11.6 Å². The molecule has 1 aromatic heterocycles. The first-order valence-corrected chi connectivity index (χ1v) is 15.5. The molecule has 1 saturated heterocycles. The molecule has 4 aliphatic carbocycles. The molecule has 8 nitrogen and oxygen atoms in total. The molecule has 0 unspecified atom stereocenters. The van der Waals surface area contributed by atoms with Crippen molar-refractivity contribution in [1.82, 2.24) is 4.57 Å². The summed E-state index contributed by atoms with van der Waals surface area (Å²) in [5.41, 5.74) is 0.596. The van der Waals surface area contributed by atoms with Crippen LogP contribution in [0.15, 0.2) is 66.5 Å². The van der Waals surface area contributed by atoms with Crippen molar-refractivity contribution in [2.75, 3.05) is 6.61 Å². The second kappa shape index (κ2) is 9.96. The van der Waals surface area contributed by atoms with E-state index in [2.05, 4.69) is 0 Å². The van der Waals surface area contributed by atoms with Crippen LogP contribution in [0, 0.1) is 22.7 Å². The van der Waals surface area contributed by atoms with Crippen molar-refractivity contribution in [2.24, 2.45) is 22.7 Å². The van der Waals surface area contributed by atoms with Gasteiger partial charge in [0.1, 0.15) is 6.61 Å². The molecule has 0 amide bonds. The minimum absolute atomic E-state index is 0.0233. The summed E-state index contributed by atoms with van der Waals surface area (Å²) in [6.45, 7) is 3.87. The van der Waals surface area contributed by atoms with E-state index >= 15 is 0 Å². The molecule has 5 aliphatic rings. The number of aliphatic hydroxyl groups is 3. The number of hydrogen-bond acceptors (Lipinski definition) is 7. The lowest BCUT2D eigenvalue weighted by Gasteiger charge is -2.64. The molecule has 9 atom stereocenters. The van der Waals surface area contributed by atoms with E-state index in [1.807, 2.05) is 67.2 Å². The van der Waals surface area contributed by atoms with Crippen LogP contribution in [0.4, 0.5) is 0 Å². The Balaban J connectivity index is 1.20. The van der Waals surface area contributed by atoms with Crippen molar-refractivity contribution < 1.29 is 34.4 Å². The summed E-state index contributed by atoms with van der Waals surface area (Å²) in [5.74, 6) is -0.782. The van der Waals surface area contributed by atoms with E-state index in [4.69, 9.17) is 21.1 Å². The lowest BCUT2D eigenvalue weighted by atomic mass is 9.45. The molecule has 1 aliphatic heterocycles. The zero-order chi connectivity index (χ0) is 30.4. The molecule has 4 fully saturated rings. The molecular weight excluding hydrogens is 570 g/mol. The summed E-state index contributed by atoms with van der Waals surface area (Å²) in [6, 6.07) is 9.66. The number of carbonyl (C=O) groups excluding carboxylic acids is 2. The van der Waals surface area contributed by atoms with Crippen molar-refractivity contribution in [2.45, 2.75) is 81.7 Å². The van der Waals surface area contributed by atoms with Gasteiger partial charge >= 0.3 is 0 Å². The fourth-order valence-corrected chi connectivity index (χ4v) is 9.98. The lowest BCUT2D eigenvalue weighted by Crippen LogP contribution is -2.69. The third-order valence-electron chi connectivity index (χ3n) is 11.5. The fourth-order valence-electron chi connectivity index (χ4n) is 9.46. The predicted octanol–water partition coefficient (Wildman–Crippen LogP) is 3.99. The van der Waals surface area contributed by atoms with Gasteiger partial charge in [-0.25, -0.2) is 0 Å². The van der Waals surface area contributed by atoms with Crippen LogP contribution in [-0.4, -0.2) is 60.7 Å². The molecule has 7 rings (SSSR count). The smallest absolute Gasteiger partial charge is 0.193 e. The molecule has 3 saturated carbocycles. The number of allylic oxidation sites excluding steroid dienone is 4. The van der Waals surface area contributed by atoms with E-state index < -0.39 is 52.2 Å². The molecule has 1 aromatic carbocycles. The number of carbonyl (C=O) groups is 2. The number of hydrogen-bond donors (Lipinski definition) is 3. The Bertz CT molecular complexity index is 1550. The molecule has 228 valence electrons. The Morgan fingerprint density at radius 3 is 2.72 bits per heavy atom. The van der Waals surface area contributed by atoms with Gasteiger partial charge < -0.3 is 29.4 Å². The molecule has 9 heteroatoms. The van der Waals surface area contributed by atoms with Gasteiger partial charge in [-0.1, -0.05) is 49.8 Å². The number of halogens is 1. The minimum atomic E-state index is -1.44. The quantitative estimate of drug-likeness (QED) is 0.425. The molecule has 3 N–H and O–H groups in total. The van der Waals surface area contributed by atoms with Crippen molar-refractivity contribution in [1.29, 1.82) is 0 Å². The minimum Gasteiger partial charge on any atom is -0.392 e. The second-order valence-corrected chi connectivity index (χ2v) is 14.1. The van der Waals surface area contributed by atoms with Gasteiger partial charge in [0.05, 0.1) is 23.7 Å². The summed E-state index contributed by atoms with van der Waals surface area (Å²) in [5, 5.41) is 31.7. The van der Waals surface area contributed by atoms with Crippen LogP contribution in [0.1, 0.15) is 62.5 Å². The number of aliphatic hydroxyl groups excluding tert-OH is 3. The highest BCUT2D eigenvalue weighted by atomic mass is 35.5. The molecule has 43 heavy (non-hydrogen) atoms. The van der Waals surface area contributed by atoms with Crippen LogP contribution < -0.4 is 0 Å². The van der Waals surface area contributed by atoms with E-state index in [1.54, 1.807) is 12.2 Å². The normalized spacial score (nSPS) is 41.3. The second-order valence-electron chi connectivity index (χ2n) is 13.5. The molecule has 0 spiro atoms. The van der Waals surface area contributed by atoms with Crippen molar-refractivity contribution in [3.63, 3.8) is 0 Å². The molecule has 0 bridgehead atoms. The number of rotatable bonds is 6. The monoisotopic (exact) mass is 607 g/mol. The van der Waals surface area contributed by atoms with Gasteiger partial charge in [0, 0.05) is 35.3 Å². The van der Waals surface area contributed by atoms with Gasteiger partial charge in [-0.2, -0.15) is 0 Å². The molecular formula is C34H38ClNO7. The van der Waals surface area contributed by atoms with E-state index in [0.717, 1.165) is 22.3 Å². The fraction of sp³-hybridized carbons (Fsp3) is 0.529. The summed E-state index contributed by atoms with van der Waals surface area (Å²) in [6.07, 6.45) is 8.55. The predicted molar refractivity (Wildman–Crippen MR) is 158 cm³/mol.